The summed E-state index contributed by atoms with van der Waals surface area (Å²) in [4.78, 5) is 23.8. The molecule has 0 fully saturated rings. The SMILES string of the molecule is COc1ccc(C(=O)NCCC(=O)N/N=C/c2cc(C)c(O)c(C)c2)cc1. The Morgan fingerprint density at radius 2 is 1.78 bits per heavy atom. The zero-order valence-corrected chi connectivity index (χ0v) is 15.6. The summed E-state index contributed by atoms with van der Waals surface area (Å²) in [6.07, 6.45) is 1.61. The third kappa shape index (κ3) is 5.85. The standard InChI is InChI=1S/C20H23N3O4/c1-13-10-15(11-14(2)19(13)25)12-22-23-18(24)8-9-21-20(26)16-4-6-17(27-3)7-5-16/h4-7,10-12,25H,8-9H2,1-3H3,(H,21,26)(H,23,24)/b22-12+. The Kier molecular flexibility index (Phi) is 6.93. The van der Waals surface area contributed by atoms with Crippen LogP contribution in [0.15, 0.2) is 41.5 Å². The van der Waals surface area contributed by atoms with Crippen molar-refractivity contribution in [3.63, 3.8) is 0 Å². The van der Waals surface area contributed by atoms with Gasteiger partial charge in [0, 0.05) is 18.5 Å². The number of ether oxygens (including phenoxy) is 1. The molecule has 0 atom stereocenters. The molecule has 142 valence electrons. The third-order valence-electron chi connectivity index (χ3n) is 3.91. The maximum absolute atomic E-state index is 12.0. The molecule has 2 aromatic carbocycles. The number of nitrogens with zero attached hydrogens (tertiary/aromatic N) is 1. The van der Waals surface area contributed by atoms with Gasteiger partial charge in [0.25, 0.3) is 5.91 Å². The number of phenolic OH excluding ortho intramolecular Hbond substituents is 1. The third-order valence-corrected chi connectivity index (χ3v) is 3.91. The lowest BCUT2D eigenvalue weighted by molar-refractivity contribution is -0.120. The van der Waals surface area contributed by atoms with Gasteiger partial charge in [0.15, 0.2) is 0 Å². The Balaban J connectivity index is 1.76. The molecule has 0 spiro atoms. The number of amides is 2. The van der Waals surface area contributed by atoms with Gasteiger partial charge in [0.2, 0.25) is 5.91 Å². The van der Waals surface area contributed by atoms with Crippen LogP contribution in [0.5, 0.6) is 11.5 Å². The number of carbonyl (C=O) groups excluding carboxylic acids is 2. The van der Waals surface area contributed by atoms with Crippen LogP contribution in [-0.2, 0) is 4.79 Å². The number of rotatable bonds is 7. The first-order valence-electron chi connectivity index (χ1n) is 8.45. The highest BCUT2D eigenvalue weighted by Gasteiger charge is 2.07. The van der Waals surface area contributed by atoms with Crippen molar-refractivity contribution in [2.24, 2.45) is 5.10 Å². The van der Waals surface area contributed by atoms with E-state index in [1.54, 1.807) is 57.4 Å². The topological polar surface area (TPSA) is 100 Å². The lowest BCUT2D eigenvalue weighted by Gasteiger charge is -2.06. The Labute approximate surface area is 158 Å². The van der Waals surface area contributed by atoms with Gasteiger partial charge in [0.1, 0.15) is 11.5 Å². The number of methoxy groups -OCH3 is 1. The van der Waals surface area contributed by atoms with Crippen molar-refractivity contribution in [1.82, 2.24) is 10.7 Å². The lowest BCUT2D eigenvalue weighted by Crippen LogP contribution is -2.29. The fourth-order valence-electron chi connectivity index (χ4n) is 2.43. The number of nitrogens with one attached hydrogen (secondary N) is 2. The average Bonchev–Trinajstić information content (AvgIpc) is 2.66. The first-order valence-corrected chi connectivity index (χ1v) is 8.45. The molecule has 3 N–H and O–H groups in total. The van der Waals surface area contributed by atoms with E-state index >= 15 is 0 Å². The first-order chi connectivity index (χ1) is 12.9. The van der Waals surface area contributed by atoms with Gasteiger partial charge < -0.3 is 15.2 Å². The minimum Gasteiger partial charge on any atom is -0.507 e. The maximum atomic E-state index is 12.0. The molecule has 0 saturated heterocycles. The molecule has 0 heterocycles. The average molecular weight is 369 g/mol. The summed E-state index contributed by atoms with van der Waals surface area (Å²) in [5.41, 5.74) is 5.16. The van der Waals surface area contributed by atoms with Crippen molar-refractivity contribution in [3.8, 4) is 11.5 Å². The van der Waals surface area contributed by atoms with E-state index in [1.165, 1.54) is 6.21 Å². The van der Waals surface area contributed by atoms with Crippen LogP contribution in [-0.4, -0.2) is 36.8 Å². The number of aromatic hydroxyl groups is 1. The monoisotopic (exact) mass is 369 g/mol. The van der Waals surface area contributed by atoms with Crippen molar-refractivity contribution in [3.05, 3.63) is 58.7 Å². The van der Waals surface area contributed by atoms with E-state index < -0.39 is 0 Å². The van der Waals surface area contributed by atoms with Crippen LogP contribution >= 0.6 is 0 Å². The molecule has 0 bridgehead atoms. The molecule has 2 aromatic rings. The highest BCUT2D eigenvalue weighted by molar-refractivity contribution is 5.94. The van der Waals surface area contributed by atoms with Crippen molar-refractivity contribution < 1.29 is 19.4 Å². The van der Waals surface area contributed by atoms with Crippen LogP contribution < -0.4 is 15.5 Å². The Hall–Kier alpha value is -3.35. The molecular formula is C20H23N3O4. The predicted octanol–water partition coefficient (Wildman–Crippen LogP) is 2.29. The maximum Gasteiger partial charge on any atom is 0.251 e. The van der Waals surface area contributed by atoms with E-state index in [4.69, 9.17) is 4.74 Å². The van der Waals surface area contributed by atoms with Crippen LogP contribution in [0.2, 0.25) is 0 Å². The van der Waals surface area contributed by atoms with Crippen LogP contribution in [0.1, 0.15) is 33.5 Å². The molecule has 0 aliphatic carbocycles. The van der Waals surface area contributed by atoms with Crippen molar-refractivity contribution in [2.45, 2.75) is 20.3 Å². The summed E-state index contributed by atoms with van der Waals surface area (Å²) < 4.78 is 5.04. The molecule has 7 nitrogen and oxygen atoms in total. The van der Waals surface area contributed by atoms with Gasteiger partial charge in [-0.1, -0.05) is 0 Å². The lowest BCUT2D eigenvalue weighted by atomic mass is 10.1. The zero-order chi connectivity index (χ0) is 19.8. The summed E-state index contributed by atoms with van der Waals surface area (Å²) in [7, 11) is 1.56. The summed E-state index contributed by atoms with van der Waals surface area (Å²) in [6.45, 7) is 3.79. The molecule has 2 amide bonds. The van der Waals surface area contributed by atoms with Gasteiger partial charge in [-0.05, 0) is 66.9 Å². The highest BCUT2D eigenvalue weighted by atomic mass is 16.5. The minimum absolute atomic E-state index is 0.104. The largest absolute Gasteiger partial charge is 0.507 e. The summed E-state index contributed by atoms with van der Waals surface area (Å²) in [5.74, 6) is 0.351. The fourth-order valence-corrected chi connectivity index (χ4v) is 2.43. The normalized spacial score (nSPS) is 10.6. The van der Waals surface area contributed by atoms with E-state index in [0.717, 1.165) is 16.7 Å². The van der Waals surface area contributed by atoms with Crippen LogP contribution in [0.3, 0.4) is 0 Å². The van der Waals surface area contributed by atoms with Gasteiger partial charge in [0.05, 0.1) is 13.3 Å². The van der Waals surface area contributed by atoms with Gasteiger partial charge in [-0.2, -0.15) is 5.10 Å². The minimum atomic E-state index is -0.312. The zero-order valence-electron chi connectivity index (χ0n) is 15.6. The van der Waals surface area contributed by atoms with Crippen LogP contribution in [0.25, 0.3) is 0 Å². The van der Waals surface area contributed by atoms with E-state index in [0.29, 0.717) is 11.3 Å². The quantitative estimate of drug-likeness (QED) is 0.515. The summed E-state index contributed by atoms with van der Waals surface area (Å²) in [5, 5.41) is 16.3. The number of hydrogen-bond acceptors (Lipinski definition) is 5. The Bertz CT molecular complexity index is 822. The molecule has 0 saturated carbocycles. The summed E-state index contributed by atoms with van der Waals surface area (Å²) in [6, 6.07) is 10.2. The Morgan fingerprint density at radius 3 is 2.37 bits per heavy atom. The summed E-state index contributed by atoms with van der Waals surface area (Å²) >= 11 is 0. The molecule has 27 heavy (non-hydrogen) atoms. The molecule has 0 aliphatic heterocycles. The molecule has 0 aromatic heterocycles. The number of hydrazone groups is 1. The van der Waals surface area contributed by atoms with Crippen molar-refractivity contribution >= 4 is 18.0 Å². The second kappa shape index (κ2) is 9.38. The first kappa shape index (κ1) is 20.0. The molecular weight excluding hydrogens is 346 g/mol. The van der Waals surface area contributed by atoms with Gasteiger partial charge in [-0.3, -0.25) is 9.59 Å². The molecule has 0 radical (unpaired) electrons. The number of benzene rings is 2. The van der Waals surface area contributed by atoms with E-state index in [2.05, 4.69) is 15.8 Å². The fraction of sp³-hybridized carbons (Fsp3) is 0.250. The van der Waals surface area contributed by atoms with Gasteiger partial charge in [-0.25, -0.2) is 5.43 Å². The van der Waals surface area contributed by atoms with Crippen LogP contribution in [0.4, 0.5) is 0 Å². The Morgan fingerprint density at radius 1 is 1.15 bits per heavy atom. The van der Waals surface area contributed by atoms with Crippen LogP contribution in [0, 0.1) is 13.8 Å². The smallest absolute Gasteiger partial charge is 0.251 e. The van der Waals surface area contributed by atoms with E-state index in [9.17, 15) is 14.7 Å². The number of hydrogen-bond donors (Lipinski definition) is 3. The van der Waals surface area contributed by atoms with Gasteiger partial charge in [-0.15, -0.1) is 0 Å². The predicted molar refractivity (Wildman–Crippen MR) is 103 cm³/mol. The van der Waals surface area contributed by atoms with Crippen molar-refractivity contribution in [1.29, 1.82) is 0 Å². The highest BCUT2D eigenvalue weighted by Crippen LogP contribution is 2.21. The number of carbonyl (C=O) groups is 2. The second-order valence-corrected chi connectivity index (χ2v) is 6.03. The number of aryl methyl sites for hydroxylation is 2. The van der Waals surface area contributed by atoms with E-state index in [-0.39, 0.29) is 30.5 Å². The second-order valence-electron chi connectivity index (χ2n) is 6.03. The van der Waals surface area contributed by atoms with Crippen molar-refractivity contribution in [2.75, 3.05) is 13.7 Å². The molecule has 2 rings (SSSR count). The van der Waals surface area contributed by atoms with E-state index in [1.807, 2.05) is 0 Å². The molecule has 0 aliphatic rings. The van der Waals surface area contributed by atoms with Gasteiger partial charge >= 0.3 is 0 Å². The molecule has 0 unspecified atom stereocenters. The molecule has 7 heteroatoms. The number of phenols is 1.